The smallest absolute Gasteiger partial charge is 0.305 e. The second-order valence-electron chi connectivity index (χ2n) is 26.7. The summed E-state index contributed by atoms with van der Waals surface area (Å²) in [5.74, 6) is -0.0329. The Kier molecular flexibility index (Phi) is 71.8. The van der Waals surface area contributed by atoms with E-state index in [-0.39, 0.29) is 18.5 Å². The summed E-state index contributed by atoms with van der Waals surface area (Å²) in [5, 5.41) is 23.2. The molecule has 0 aliphatic rings. The van der Waals surface area contributed by atoms with E-state index < -0.39 is 12.1 Å². The molecule has 83 heavy (non-hydrogen) atoms. The summed E-state index contributed by atoms with van der Waals surface area (Å²) < 4.78 is 5.50. The minimum Gasteiger partial charge on any atom is -0.466 e. The number of unbranched alkanes of at least 4 members (excludes halogenated alkanes) is 62. The van der Waals surface area contributed by atoms with Crippen molar-refractivity contribution in [3.63, 3.8) is 0 Å². The summed E-state index contributed by atoms with van der Waals surface area (Å²) in [6, 6.07) is -0.623. The van der Waals surface area contributed by atoms with Crippen molar-refractivity contribution in [1.29, 1.82) is 0 Å². The summed E-state index contributed by atoms with van der Waals surface area (Å²) in [7, 11) is 0. The van der Waals surface area contributed by atoms with Gasteiger partial charge in [-0.1, -0.05) is 411 Å². The molecule has 3 N–H and O–H groups in total. The number of ether oxygens (including phenoxy) is 1. The van der Waals surface area contributed by atoms with Crippen LogP contribution in [0.15, 0.2) is 12.2 Å². The molecule has 6 heteroatoms. The predicted octanol–water partition coefficient (Wildman–Crippen LogP) is 25.1. The van der Waals surface area contributed by atoms with Gasteiger partial charge >= 0.3 is 5.97 Å². The van der Waals surface area contributed by atoms with Crippen LogP contribution in [0.5, 0.6) is 0 Å². The van der Waals surface area contributed by atoms with E-state index >= 15 is 0 Å². The van der Waals surface area contributed by atoms with Gasteiger partial charge in [0.05, 0.1) is 25.4 Å². The fourth-order valence-electron chi connectivity index (χ4n) is 12.5. The van der Waals surface area contributed by atoms with Crippen LogP contribution in [0.25, 0.3) is 0 Å². The van der Waals surface area contributed by atoms with Crippen molar-refractivity contribution < 1.29 is 24.5 Å². The van der Waals surface area contributed by atoms with Gasteiger partial charge in [-0.3, -0.25) is 9.59 Å². The molecule has 494 valence electrons. The molecule has 0 aromatic carbocycles. The van der Waals surface area contributed by atoms with Gasteiger partial charge in [0.1, 0.15) is 0 Å². The number of hydrogen-bond acceptors (Lipinski definition) is 5. The lowest BCUT2D eigenvalue weighted by molar-refractivity contribution is -0.143. The van der Waals surface area contributed by atoms with E-state index in [0.717, 1.165) is 38.5 Å². The van der Waals surface area contributed by atoms with Gasteiger partial charge in [-0.05, 0) is 32.1 Å². The molecule has 2 atom stereocenters. The lowest BCUT2D eigenvalue weighted by Crippen LogP contribution is -2.45. The highest BCUT2D eigenvalue weighted by atomic mass is 16.5. The zero-order valence-corrected chi connectivity index (χ0v) is 56.7. The third-order valence-corrected chi connectivity index (χ3v) is 18.3. The Morgan fingerprint density at radius 2 is 0.554 bits per heavy atom. The number of nitrogens with one attached hydrogen (secondary N) is 1. The highest BCUT2D eigenvalue weighted by Crippen LogP contribution is 2.20. The molecule has 0 aliphatic carbocycles. The first kappa shape index (κ1) is 81.6. The maximum absolute atomic E-state index is 12.5. The molecular weight excluding hydrogens is 1020 g/mol. The standard InChI is InChI=1S/C77H151NO5/c1-3-5-7-9-11-13-15-17-19-39-42-45-49-53-57-61-65-69-75(80)74(73-79)78-76(81)70-66-62-58-54-50-46-43-40-37-35-33-31-29-27-25-23-21-20-22-24-26-28-30-32-34-36-38-41-44-48-52-56-60-64-68-72-83-77(82)71-67-63-59-55-51-47-18-16-14-12-10-8-6-4-2/h65,69,74-75,79-80H,3-64,66-68,70-73H2,1-2H3,(H,78,81)/b69-65+. The Hall–Kier alpha value is -1.40. The van der Waals surface area contributed by atoms with Crippen LogP contribution in [0.3, 0.4) is 0 Å². The predicted molar refractivity (Wildman–Crippen MR) is 366 cm³/mol. The van der Waals surface area contributed by atoms with Gasteiger partial charge in [0.25, 0.3) is 0 Å². The zero-order valence-electron chi connectivity index (χ0n) is 56.7. The molecule has 0 bridgehead atoms. The number of aliphatic hydroxyl groups excluding tert-OH is 2. The minimum atomic E-state index is -0.840. The Balaban J connectivity index is 3.31. The van der Waals surface area contributed by atoms with Gasteiger partial charge in [-0.25, -0.2) is 0 Å². The molecule has 2 unspecified atom stereocenters. The van der Waals surface area contributed by atoms with Gasteiger partial charge in [0.15, 0.2) is 0 Å². The lowest BCUT2D eigenvalue weighted by atomic mass is 10.0. The van der Waals surface area contributed by atoms with Crippen LogP contribution in [0.4, 0.5) is 0 Å². The highest BCUT2D eigenvalue weighted by Gasteiger charge is 2.18. The Morgan fingerprint density at radius 3 is 0.819 bits per heavy atom. The molecule has 6 nitrogen and oxygen atoms in total. The fraction of sp³-hybridized carbons (Fsp3) is 0.948. The summed E-state index contributed by atoms with van der Waals surface area (Å²) in [4.78, 5) is 24.6. The molecule has 0 spiro atoms. The van der Waals surface area contributed by atoms with Crippen LogP contribution in [-0.4, -0.2) is 47.4 Å². The van der Waals surface area contributed by atoms with E-state index in [1.807, 2.05) is 6.08 Å². The maximum atomic E-state index is 12.5. The van der Waals surface area contributed by atoms with Gasteiger partial charge < -0.3 is 20.3 Å². The Bertz CT molecular complexity index is 1260. The molecule has 0 aromatic heterocycles. The summed E-state index contributed by atoms with van der Waals surface area (Å²) in [6.45, 7) is 4.96. The van der Waals surface area contributed by atoms with E-state index in [1.165, 1.54) is 379 Å². The van der Waals surface area contributed by atoms with Gasteiger partial charge in [-0.15, -0.1) is 0 Å². The largest absolute Gasteiger partial charge is 0.466 e. The van der Waals surface area contributed by atoms with Crippen LogP contribution in [-0.2, 0) is 14.3 Å². The number of rotatable bonds is 73. The Morgan fingerprint density at radius 1 is 0.325 bits per heavy atom. The van der Waals surface area contributed by atoms with Gasteiger partial charge in [0, 0.05) is 12.8 Å². The van der Waals surface area contributed by atoms with E-state index in [0.29, 0.717) is 19.4 Å². The van der Waals surface area contributed by atoms with Crippen molar-refractivity contribution in [3.8, 4) is 0 Å². The van der Waals surface area contributed by atoms with Crippen LogP contribution >= 0.6 is 0 Å². The fourth-order valence-corrected chi connectivity index (χ4v) is 12.5. The molecule has 1 amide bonds. The van der Waals surface area contributed by atoms with Crippen molar-refractivity contribution in [2.24, 2.45) is 0 Å². The third kappa shape index (κ3) is 69.6. The SMILES string of the molecule is CCCCCCCCCCCCCCCCC/C=C/C(O)C(CO)NC(=O)CCCCCCCCCCCCCCCCCCCCCCCCCCCCCCCCCCCCCOC(=O)CCCCCCCCCCCCCCCC. The lowest BCUT2D eigenvalue weighted by Gasteiger charge is -2.20. The van der Waals surface area contributed by atoms with E-state index in [4.69, 9.17) is 4.74 Å². The van der Waals surface area contributed by atoms with Crippen molar-refractivity contribution in [2.45, 2.75) is 456 Å². The Labute approximate surface area is 520 Å². The van der Waals surface area contributed by atoms with Crippen molar-refractivity contribution >= 4 is 11.9 Å². The first-order chi connectivity index (χ1) is 41.0. The van der Waals surface area contributed by atoms with Crippen molar-refractivity contribution in [2.75, 3.05) is 13.2 Å². The van der Waals surface area contributed by atoms with Crippen LogP contribution in [0.1, 0.15) is 444 Å². The average Bonchev–Trinajstić information content (AvgIpc) is 3.49. The normalized spacial score (nSPS) is 12.5. The molecule has 0 radical (unpaired) electrons. The minimum absolute atomic E-state index is 0.0257. The summed E-state index contributed by atoms with van der Waals surface area (Å²) in [5.41, 5.74) is 0. The van der Waals surface area contributed by atoms with Crippen LogP contribution < -0.4 is 5.32 Å². The zero-order chi connectivity index (χ0) is 59.9. The number of hydrogen-bond donors (Lipinski definition) is 3. The number of carbonyl (C=O) groups is 2. The quantitative estimate of drug-likeness (QED) is 0.0320. The van der Waals surface area contributed by atoms with E-state index in [9.17, 15) is 19.8 Å². The third-order valence-electron chi connectivity index (χ3n) is 18.3. The second kappa shape index (κ2) is 73.1. The number of allylic oxidation sites excluding steroid dienone is 1. The molecule has 0 fully saturated rings. The maximum Gasteiger partial charge on any atom is 0.305 e. The second-order valence-corrected chi connectivity index (χ2v) is 26.7. The van der Waals surface area contributed by atoms with Crippen LogP contribution in [0, 0.1) is 0 Å². The monoisotopic (exact) mass is 1170 g/mol. The van der Waals surface area contributed by atoms with E-state index in [1.54, 1.807) is 6.08 Å². The van der Waals surface area contributed by atoms with Gasteiger partial charge in [-0.2, -0.15) is 0 Å². The topological polar surface area (TPSA) is 95.9 Å². The van der Waals surface area contributed by atoms with Gasteiger partial charge in [0.2, 0.25) is 5.91 Å². The molecule has 0 saturated carbocycles. The molecule has 0 rings (SSSR count). The molecule has 0 aromatic rings. The number of esters is 1. The molecule has 0 aliphatic heterocycles. The average molecular weight is 1170 g/mol. The highest BCUT2D eigenvalue weighted by molar-refractivity contribution is 5.76. The number of carbonyl (C=O) groups excluding carboxylic acids is 2. The molecule has 0 saturated heterocycles. The first-order valence-corrected chi connectivity index (χ1v) is 38.5. The summed E-state index contributed by atoms with van der Waals surface area (Å²) in [6.07, 6.45) is 91.9. The van der Waals surface area contributed by atoms with E-state index in [2.05, 4.69) is 19.2 Å². The van der Waals surface area contributed by atoms with Crippen molar-refractivity contribution in [3.05, 3.63) is 12.2 Å². The molecular formula is C77H151NO5. The van der Waals surface area contributed by atoms with Crippen LogP contribution in [0.2, 0.25) is 0 Å². The number of amides is 1. The number of aliphatic hydroxyl groups is 2. The molecule has 0 heterocycles. The summed E-state index contributed by atoms with van der Waals surface area (Å²) >= 11 is 0. The first-order valence-electron chi connectivity index (χ1n) is 38.5. The van der Waals surface area contributed by atoms with Crippen molar-refractivity contribution in [1.82, 2.24) is 5.32 Å².